The van der Waals surface area contributed by atoms with Crippen molar-refractivity contribution in [1.29, 1.82) is 0 Å². The molecular formula is C38H50O11. The van der Waals surface area contributed by atoms with Gasteiger partial charge in [0.05, 0.1) is 0 Å². The second-order valence-corrected chi connectivity index (χ2v) is 12.7. The van der Waals surface area contributed by atoms with Crippen molar-refractivity contribution >= 4 is 36.2 Å². The molecule has 1 fully saturated rings. The van der Waals surface area contributed by atoms with Gasteiger partial charge in [-0.3, -0.25) is 19.2 Å². The number of benzene rings is 1. The quantitative estimate of drug-likeness (QED) is 0.129. The van der Waals surface area contributed by atoms with Crippen LogP contribution < -0.4 is 0 Å². The number of esters is 4. The van der Waals surface area contributed by atoms with Gasteiger partial charge in [0.25, 0.3) is 0 Å². The van der Waals surface area contributed by atoms with E-state index in [0.717, 1.165) is 53.4 Å². The van der Waals surface area contributed by atoms with E-state index in [9.17, 15) is 24.0 Å². The van der Waals surface area contributed by atoms with E-state index in [1.54, 1.807) is 0 Å². The van der Waals surface area contributed by atoms with E-state index in [0.29, 0.717) is 25.0 Å². The molecule has 0 spiro atoms. The maximum absolute atomic E-state index is 12.5. The SMILES string of the molecule is CCC1=C(OC2OC(COC(C)=O)C(OC(C)=O)C(OC(C)=O)C2OC(C)=O)C(Cc2ccc(C=CCC=O)cc2C)=C(C(C)C)CCC1. The number of carbonyl (C=O) groups is 5. The van der Waals surface area contributed by atoms with E-state index in [1.807, 2.05) is 25.1 Å². The second kappa shape index (κ2) is 18.5. The van der Waals surface area contributed by atoms with Crippen LogP contribution >= 0.6 is 0 Å². The number of aryl methyl sites for hydroxylation is 1. The van der Waals surface area contributed by atoms with Crippen molar-refractivity contribution in [2.24, 2.45) is 5.92 Å². The molecule has 0 N–H and O–H groups in total. The molecule has 3 rings (SSSR count). The number of aldehydes is 1. The summed E-state index contributed by atoms with van der Waals surface area (Å²) < 4.78 is 35.4. The number of ether oxygens (including phenoxy) is 6. The van der Waals surface area contributed by atoms with E-state index in [1.165, 1.54) is 33.3 Å². The predicted octanol–water partition coefficient (Wildman–Crippen LogP) is 6.04. The summed E-state index contributed by atoms with van der Waals surface area (Å²) in [6, 6.07) is 6.16. The predicted molar refractivity (Wildman–Crippen MR) is 181 cm³/mol. The van der Waals surface area contributed by atoms with Crippen LogP contribution in [0.25, 0.3) is 6.08 Å². The number of hydrogen-bond donors (Lipinski definition) is 0. The van der Waals surface area contributed by atoms with Gasteiger partial charge in [-0.25, -0.2) is 0 Å². The molecule has 11 nitrogen and oxygen atoms in total. The molecule has 268 valence electrons. The molecule has 5 unspecified atom stereocenters. The molecule has 0 saturated carbocycles. The lowest BCUT2D eigenvalue weighted by Gasteiger charge is -2.44. The Morgan fingerprint density at radius 3 is 2.14 bits per heavy atom. The van der Waals surface area contributed by atoms with Gasteiger partial charge >= 0.3 is 23.9 Å². The van der Waals surface area contributed by atoms with Crippen molar-refractivity contribution in [1.82, 2.24) is 0 Å². The molecule has 5 atom stereocenters. The number of hydrogen-bond acceptors (Lipinski definition) is 11. The fourth-order valence-corrected chi connectivity index (χ4v) is 6.31. The number of carbonyl (C=O) groups excluding carboxylic acids is 5. The molecule has 2 aliphatic rings. The molecule has 1 heterocycles. The first-order valence-electron chi connectivity index (χ1n) is 16.9. The molecule has 0 aromatic heterocycles. The minimum atomic E-state index is -1.34. The number of rotatable bonds is 14. The van der Waals surface area contributed by atoms with E-state index in [4.69, 9.17) is 28.4 Å². The molecule has 1 aromatic rings. The fourth-order valence-electron chi connectivity index (χ4n) is 6.31. The molecular weight excluding hydrogens is 632 g/mol. The van der Waals surface area contributed by atoms with Crippen molar-refractivity contribution in [2.45, 2.75) is 125 Å². The van der Waals surface area contributed by atoms with E-state index < -0.39 is 54.6 Å². The lowest BCUT2D eigenvalue weighted by atomic mass is 9.88. The van der Waals surface area contributed by atoms with Gasteiger partial charge in [-0.2, -0.15) is 0 Å². The summed E-state index contributed by atoms with van der Waals surface area (Å²) in [7, 11) is 0. The summed E-state index contributed by atoms with van der Waals surface area (Å²) in [4.78, 5) is 59.7. The third-order valence-corrected chi connectivity index (χ3v) is 8.49. The van der Waals surface area contributed by atoms with Gasteiger partial charge in [0, 0.05) is 40.5 Å². The average Bonchev–Trinajstić information content (AvgIpc) is 3.18. The second-order valence-electron chi connectivity index (χ2n) is 12.7. The van der Waals surface area contributed by atoms with Crippen molar-refractivity contribution in [3.8, 4) is 0 Å². The molecule has 1 aliphatic heterocycles. The summed E-state index contributed by atoms with van der Waals surface area (Å²) in [5.41, 5.74) is 6.40. The molecule has 1 aromatic carbocycles. The van der Waals surface area contributed by atoms with Gasteiger partial charge in [0.1, 0.15) is 24.8 Å². The summed E-state index contributed by atoms with van der Waals surface area (Å²) in [6.45, 7) is 12.8. The lowest BCUT2D eigenvalue weighted by molar-refractivity contribution is -0.299. The zero-order chi connectivity index (χ0) is 36.2. The van der Waals surface area contributed by atoms with Gasteiger partial charge in [-0.15, -0.1) is 0 Å². The summed E-state index contributed by atoms with van der Waals surface area (Å²) >= 11 is 0. The Balaban J connectivity index is 2.17. The monoisotopic (exact) mass is 682 g/mol. The van der Waals surface area contributed by atoms with E-state index in [-0.39, 0.29) is 12.5 Å². The van der Waals surface area contributed by atoms with Gasteiger partial charge in [-0.1, -0.05) is 56.7 Å². The zero-order valence-electron chi connectivity index (χ0n) is 29.9. The number of allylic oxidation sites excluding steroid dienone is 4. The Hall–Kier alpha value is -4.25. The normalized spacial score (nSPS) is 22.8. The van der Waals surface area contributed by atoms with Crippen LogP contribution in [0.2, 0.25) is 0 Å². The Labute approximate surface area is 289 Å². The van der Waals surface area contributed by atoms with Crippen LogP contribution in [0.3, 0.4) is 0 Å². The average molecular weight is 683 g/mol. The Bertz CT molecular complexity index is 1470. The summed E-state index contributed by atoms with van der Waals surface area (Å²) in [5.74, 6) is -1.91. The van der Waals surface area contributed by atoms with Crippen LogP contribution in [0.1, 0.15) is 97.3 Å². The smallest absolute Gasteiger partial charge is 0.303 e. The summed E-state index contributed by atoms with van der Waals surface area (Å²) in [5, 5.41) is 0. The van der Waals surface area contributed by atoms with Gasteiger partial charge in [-0.05, 0) is 66.4 Å². The first kappa shape index (κ1) is 39.2. The molecule has 11 heteroatoms. The van der Waals surface area contributed by atoms with Gasteiger partial charge < -0.3 is 33.2 Å². The minimum Gasteiger partial charge on any atom is -0.463 e. The van der Waals surface area contributed by atoms with Crippen molar-refractivity contribution in [3.63, 3.8) is 0 Å². The van der Waals surface area contributed by atoms with E-state index >= 15 is 0 Å². The van der Waals surface area contributed by atoms with Crippen LogP contribution in [-0.4, -0.2) is 67.5 Å². The standard InChI is InChI=1S/C38H50O11/c1-9-29-14-12-15-31(22(2)3)32(20-30-17-16-28(19-23(30)4)13-10-11-18-39)34(29)49-38-37(47-27(8)43)36(46-26(7)42)35(45-25(6)41)33(48-38)21-44-24(5)40/h10,13,16-19,22,33,35-38H,9,11-12,14-15,20-21H2,1-8H3. The molecule has 0 radical (unpaired) electrons. The topological polar surface area (TPSA) is 141 Å². The maximum Gasteiger partial charge on any atom is 0.303 e. The molecule has 1 saturated heterocycles. The first-order chi connectivity index (χ1) is 23.2. The highest BCUT2D eigenvalue weighted by atomic mass is 16.7. The molecule has 0 amide bonds. The van der Waals surface area contributed by atoms with Crippen LogP contribution in [0.4, 0.5) is 0 Å². The minimum absolute atomic E-state index is 0.186. The third-order valence-electron chi connectivity index (χ3n) is 8.49. The van der Waals surface area contributed by atoms with Crippen LogP contribution in [0, 0.1) is 12.8 Å². The van der Waals surface area contributed by atoms with Crippen LogP contribution in [0.5, 0.6) is 0 Å². The van der Waals surface area contributed by atoms with Crippen LogP contribution in [0.15, 0.2) is 46.8 Å². The molecule has 1 aliphatic carbocycles. The largest absolute Gasteiger partial charge is 0.463 e. The lowest BCUT2D eigenvalue weighted by Crippen LogP contribution is -2.62. The summed E-state index contributed by atoms with van der Waals surface area (Å²) in [6.07, 6.45) is 2.29. The highest BCUT2D eigenvalue weighted by Crippen LogP contribution is 2.40. The van der Waals surface area contributed by atoms with Gasteiger partial charge in [0.15, 0.2) is 12.2 Å². The van der Waals surface area contributed by atoms with Crippen molar-refractivity contribution in [3.05, 3.63) is 63.4 Å². The Kier molecular flexibility index (Phi) is 14.8. The van der Waals surface area contributed by atoms with Crippen molar-refractivity contribution < 1.29 is 52.4 Å². The van der Waals surface area contributed by atoms with E-state index in [2.05, 4.69) is 32.9 Å². The first-order valence-corrected chi connectivity index (χ1v) is 16.9. The van der Waals surface area contributed by atoms with Crippen molar-refractivity contribution in [2.75, 3.05) is 6.61 Å². The zero-order valence-corrected chi connectivity index (χ0v) is 29.9. The molecule has 0 bridgehead atoms. The highest BCUT2D eigenvalue weighted by molar-refractivity contribution is 5.69. The Morgan fingerprint density at radius 1 is 0.918 bits per heavy atom. The maximum atomic E-state index is 12.5. The highest BCUT2D eigenvalue weighted by Gasteiger charge is 2.53. The fraction of sp³-hybridized carbons (Fsp3) is 0.553. The molecule has 49 heavy (non-hydrogen) atoms. The van der Waals surface area contributed by atoms with Crippen LogP contribution in [-0.2, 0) is 58.8 Å². The van der Waals surface area contributed by atoms with Gasteiger partial charge in [0.2, 0.25) is 12.4 Å². The third kappa shape index (κ3) is 11.1. The Morgan fingerprint density at radius 2 is 1.57 bits per heavy atom.